The highest BCUT2D eigenvalue weighted by atomic mass is 16.3. The third-order valence-electron chi connectivity index (χ3n) is 2.45. The first-order valence-electron chi connectivity index (χ1n) is 4.92. The van der Waals surface area contributed by atoms with Crippen LogP contribution in [-0.4, -0.2) is 21.6 Å². The van der Waals surface area contributed by atoms with E-state index in [1.807, 2.05) is 0 Å². The number of aromatic hydroxyl groups is 3. The number of phenolic OH excluding ortho intramolecular Hbond substituents is 3. The highest BCUT2D eigenvalue weighted by Gasteiger charge is 2.09. The van der Waals surface area contributed by atoms with Crippen molar-refractivity contribution in [3.63, 3.8) is 0 Å². The van der Waals surface area contributed by atoms with Crippen molar-refractivity contribution in [2.75, 3.05) is 0 Å². The van der Waals surface area contributed by atoms with Crippen molar-refractivity contribution in [1.82, 2.24) is 0 Å². The lowest BCUT2D eigenvalue weighted by Gasteiger charge is -2.07. The lowest BCUT2D eigenvalue weighted by atomic mass is 10.0. The molecule has 86 valence electrons. The SMILES string of the molecule is O=Cc1cc(-c2ccc(O)cc2)c(O)cc1O. The van der Waals surface area contributed by atoms with E-state index in [-0.39, 0.29) is 22.8 Å². The largest absolute Gasteiger partial charge is 0.508 e. The van der Waals surface area contributed by atoms with Gasteiger partial charge < -0.3 is 15.3 Å². The highest BCUT2D eigenvalue weighted by Crippen LogP contribution is 2.34. The van der Waals surface area contributed by atoms with Gasteiger partial charge in [0.1, 0.15) is 17.2 Å². The topological polar surface area (TPSA) is 77.8 Å². The molecule has 3 N–H and O–H groups in total. The fourth-order valence-corrected chi connectivity index (χ4v) is 1.56. The van der Waals surface area contributed by atoms with Gasteiger partial charge in [0.25, 0.3) is 0 Å². The molecule has 2 aromatic rings. The number of aldehydes is 1. The molecule has 17 heavy (non-hydrogen) atoms. The number of rotatable bonds is 2. The molecular formula is C13H10O4. The van der Waals surface area contributed by atoms with Gasteiger partial charge in [-0.15, -0.1) is 0 Å². The molecule has 4 nitrogen and oxygen atoms in total. The van der Waals surface area contributed by atoms with Crippen LogP contribution < -0.4 is 0 Å². The van der Waals surface area contributed by atoms with Crippen molar-refractivity contribution >= 4 is 6.29 Å². The molecule has 2 rings (SSSR count). The first kappa shape index (κ1) is 11.0. The van der Waals surface area contributed by atoms with Crippen LogP contribution in [0.3, 0.4) is 0 Å². The minimum Gasteiger partial charge on any atom is -0.508 e. The van der Waals surface area contributed by atoms with E-state index < -0.39 is 0 Å². The zero-order valence-electron chi connectivity index (χ0n) is 8.79. The number of phenols is 3. The summed E-state index contributed by atoms with van der Waals surface area (Å²) in [6.07, 6.45) is 0.513. The Morgan fingerprint density at radius 2 is 1.53 bits per heavy atom. The lowest BCUT2D eigenvalue weighted by molar-refractivity contribution is 0.112. The Kier molecular flexibility index (Phi) is 2.70. The number of benzene rings is 2. The first-order chi connectivity index (χ1) is 8.11. The molecule has 0 aliphatic rings. The second-order valence-electron chi connectivity index (χ2n) is 3.59. The van der Waals surface area contributed by atoms with Crippen LogP contribution in [0.4, 0.5) is 0 Å². The predicted molar refractivity (Wildman–Crippen MR) is 62.3 cm³/mol. The van der Waals surface area contributed by atoms with Gasteiger partial charge in [-0.2, -0.15) is 0 Å². The third kappa shape index (κ3) is 2.06. The first-order valence-corrected chi connectivity index (χ1v) is 4.92. The summed E-state index contributed by atoms with van der Waals surface area (Å²) in [4.78, 5) is 10.7. The molecule has 2 aromatic carbocycles. The zero-order chi connectivity index (χ0) is 12.4. The van der Waals surface area contributed by atoms with E-state index in [0.29, 0.717) is 17.4 Å². The molecule has 0 aliphatic carbocycles. The zero-order valence-corrected chi connectivity index (χ0v) is 8.79. The molecule has 0 bridgehead atoms. The summed E-state index contributed by atoms with van der Waals surface area (Å²) in [5.41, 5.74) is 1.17. The molecule has 0 aromatic heterocycles. The fraction of sp³-hybridized carbons (Fsp3) is 0. The third-order valence-corrected chi connectivity index (χ3v) is 2.45. The highest BCUT2D eigenvalue weighted by molar-refractivity contribution is 5.85. The molecule has 0 amide bonds. The summed E-state index contributed by atoms with van der Waals surface area (Å²) in [6.45, 7) is 0. The van der Waals surface area contributed by atoms with Crippen LogP contribution in [0.5, 0.6) is 17.2 Å². The van der Waals surface area contributed by atoms with E-state index in [4.69, 9.17) is 5.11 Å². The van der Waals surface area contributed by atoms with Gasteiger partial charge in [-0.3, -0.25) is 4.79 Å². The summed E-state index contributed by atoms with van der Waals surface area (Å²) < 4.78 is 0. The van der Waals surface area contributed by atoms with Crippen molar-refractivity contribution < 1.29 is 20.1 Å². The van der Waals surface area contributed by atoms with Gasteiger partial charge in [0.15, 0.2) is 6.29 Å². The van der Waals surface area contributed by atoms with Crippen LogP contribution in [0.1, 0.15) is 10.4 Å². The van der Waals surface area contributed by atoms with Gasteiger partial charge in [-0.05, 0) is 23.8 Å². The maximum absolute atomic E-state index is 10.7. The number of carbonyl (C=O) groups is 1. The molecular weight excluding hydrogens is 220 g/mol. The molecule has 0 unspecified atom stereocenters. The average molecular weight is 230 g/mol. The Bertz CT molecular complexity index is 558. The summed E-state index contributed by atoms with van der Waals surface area (Å²) in [5, 5.41) is 28.2. The van der Waals surface area contributed by atoms with Crippen molar-refractivity contribution in [1.29, 1.82) is 0 Å². The van der Waals surface area contributed by atoms with E-state index in [9.17, 15) is 15.0 Å². The van der Waals surface area contributed by atoms with Gasteiger partial charge in [-0.1, -0.05) is 12.1 Å². The Labute approximate surface area is 97.4 Å². The minimum atomic E-state index is -0.264. The second-order valence-corrected chi connectivity index (χ2v) is 3.59. The molecule has 4 heteroatoms. The van der Waals surface area contributed by atoms with Gasteiger partial charge in [0.05, 0.1) is 5.56 Å². The minimum absolute atomic E-state index is 0.103. The van der Waals surface area contributed by atoms with Gasteiger partial charge in [0, 0.05) is 11.6 Å². The Morgan fingerprint density at radius 3 is 2.12 bits per heavy atom. The predicted octanol–water partition coefficient (Wildman–Crippen LogP) is 2.28. The Morgan fingerprint density at radius 1 is 0.882 bits per heavy atom. The summed E-state index contributed by atoms with van der Waals surface area (Å²) >= 11 is 0. The molecule has 0 radical (unpaired) electrons. The normalized spacial score (nSPS) is 10.1. The van der Waals surface area contributed by atoms with Crippen molar-refractivity contribution in [2.45, 2.75) is 0 Å². The number of carbonyl (C=O) groups excluding carboxylic acids is 1. The van der Waals surface area contributed by atoms with Crippen LogP contribution in [0.2, 0.25) is 0 Å². The second kappa shape index (κ2) is 4.17. The average Bonchev–Trinajstić information content (AvgIpc) is 2.31. The maximum atomic E-state index is 10.7. The van der Waals surface area contributed by atoms with E-state index >= 15 is 0 Å². The van der Waals surface area contributed by atoms with Gasteiger partial charge >= 0.3 is 0 Å². The molecule has 0 heterocycles. The quantitative estimate of drug-likeness (QED) is 0.691. The van der Waals surface area contributed by atoms with Crippen LogP contribution in [-0.2, 0) is 0 Å². The smallest absolute Gasteiger partial charge is 0.153 e. The van der Waals surface area contributed by atoms with Gasteiger partial charge in [-0.25, -0.2) is 0 Å². The molecule has 0 atom stereocenters. The van der Waals surface area contributed by atoms with E-state index in [0.717, 1.165) is 6.07 Å². The fourth-order valence-electron chi connectivity index (χ4n) is 1.56. The van der Waals surface area contributed by atoms with Crippen LogP contribution in [0.25, 0.3) is 11.1 Å². The molecule has 0 fully saturated rings. The monoisotopic (exact) mass is 230 g/mol. The van der Waals surface area contributed by atoms with Crippen molar-refractivity contribution in [2.24, 2.45) is 0 Å². The maximum Gasteiger partial charge on any atom is 0.153 e. The van der Waals surface area contributed by atoms with Crippen molar-refractivity contribution in [3.8, 4) is 28.4 Å². The van der Waals surface area contributed by atoms with Crippen molar-refractivity contribution in [3.05, 3.63) is 42.0 Å². The van der Waals surface area contributed by atoms with Crippen LogP contribution in [0, 0.1) is 0 Å². The summed E-state index contributed by atoms with van der Waals surface area (Å²) in [7, 11) is 0. The summed E-state index contributed by atoms with van der Waals surface area (Å²) in [5.74, 6) is -0.276. The van der Waals surface area contributed by atoms with E-state index in [1.165, 1.54) is 18.2 Å². The van der Waals surface area contributed by atoms with Gasteiger partial charge in [0.2, 0.25) is 0 Å². The summed E-state index contributed by atoms with van der Waals surface area (Å²) in [6, 6.07) is 8.67. The number of hydrogen-bond donors (Lipinski definition) is 3. The molecule has 0 aliphatic heterocycles. The van der Waals surface area contributed by atoms with Crippen LogP contribution >= 0.6 is 0 Å². The number of hydrogen-bond acceptors (Lipinski definition) is 4. The lowest BCUT2D eigenvalue weighted by Crippen LogP contribution is -1.85. The van der Waals surface area contributed by atoms with E-state index in [1.54, 1.807) is 12.1 Å². The molecule has 0 saturated carbocycles. The Hall–Kier alpha value is -2.49. The molecule has 0 saturated heterocycles. The molecule has 0 spiro atoms. The standard InChI is InChI=1S/C13H10O4/c14-7-9-5-11(13(17)6-12(9)16)8-1-3-10(15)4-2-8/h1-7,15-17H. The van der Waals surface area contributed by atoms with E-state index in [2.05, 4.69) is 0 Å². The Balaban J connectivity index is 2.58. The van der Waals surface area contributed by atoms with Crippen LogP contribution in [0.15, 0.2) is 36.4 Å².